The Labute approximate surface area is 95.4 Å². The zero-order valence-electron chi connectivity index (χ0n) is 9.90. The van der Waals surface area contributed by atoms with E-state index in [-0.39, 0.29) is 5.69 Å². The summed E-state index contributed by atoms with van der Waals surface area (Å²) in [6, 6.07) is 5.02. The van der Waals surface area contributed by atoms with Crippen molar-refractivity contribution in [2.24, 2.45) is 5.92 Å². The van der Waals surface area contributed by atoms with E-state index in [1.807, 2.05) is 20.8 Å². The molecule has 0 bridgehead atoms. The van der Waals surface area contributed by atoms with E-state index < -0.39 is 4.92 Å². The molecule has 0 aliphatic heterocycles. The number of hydrogen-bond donors (Lipinski definition) is 0. The highest BCUT2D eigenvalue weighted by Gasteiger charge is 2.15. The number of hydrogen-bond acceptors (Lipinski definition) is 3. The lowest BCUT2D eigenvalue weighted by atomic mass is 10.1. The summed E-state index contributed by atoms with van der Waals surface area (Å²) >= 11 is 0. The molecule has 0 amide bonds. The first-order valence-corrected chi connectivity index (χ1v) is 5.44. The van der Waals surface area contributed by atoms with Gasteiger partial charge in [0.25, 0.3) is 0 Å². The molecular weight excluding hydrogens is 206 g/mol. The Hall–Kier alpha value is -1.58. The van der Waals surface area contributed by atoms with E-state index in [9.17, 15) is 10.1 Å². The van der Waals surface area contributed by atoms with Gasteiger partial charge in [0.15, 0.2) is 5.75 Å². The van der Waals surface area contributed by atoms with Crippen LogP contribution >= 0.6 is 0 Å². The lowest BCUT2D eigenvalue weighted by molar-refractivity contribution is -0.385. The van der Waals surface area contributed by atoms with Gasteiger partial charge in [0.2, 0.25) is 0 Å². The van der Waals surface area contributed by atoms with Crippen LogP contribution in [-0.4, -0.2) is 11.5 Å². The van der Waals surface area contributed by atoms with Crippen LogP contribution < -0.4 is 4.74 Å². The third-order valence-electron chi connectivity index (χ3n) is 2.20. The maximum atomic E-state index is 10.8. The predicted octanol–water partition coefficient (Wildman–Crippen LogP) is 3.19. The molecule has 0 spiro atoms. The van der Waals surface area contributed by atoms with E-state index in [1.165, 1.54) is 6.07 Å². The number of ether oxygens (including phenoxy) is 1. The van der Waals surface area contributed by atoms with Crippen LogP contribution in [0.15, 0.2) is 18.2 Å². The summed E-state index contributed by atoms with van der Waals surface area (Å²) in [5, 5.41) is 10.8. The Morgan fingerprint density at radius 3 is 2.62 bits per heavy atom. The molecule has 0 N–H and O–H groups in total. The van der Waals surface area contributed by atoms with Gasteiger partial charge in [0.1, 0.15) is 0 Å². The third kappa shape index (κ3) is 3.22. The molecule has 16 heavy (non-hydrogen) atoms. The van der Waals surface area contributed by atoms with Crippen LogP contribution in [0.3, 0.4) is 0 Å². The SMILES string of the molecule is CCc1ccc([N+](=O)[O-])c(OCC(C)C)c1. The van der Waals surface area contributed by atoms with Crippen molar-refractivity contribution < 1.29 is 9.66 Å². The quantitative estimate of drug-likeness (QED) is 0.569. The maximum absolute atomic E-state index is 10.8. The molecule has 0 aliphatic carbocycles. The third-order valence-corrected chi connectivity index (χ3v) is 2.20. The minimum Gasteiger partial charge on any atom is -0.487 e. The molecule has 0 fully saturated rings. The fourth-order valence-corrected chi connectivity index (χ4v) is 1.30. The molecule has 1 rings (SSSR count). The van der Waals surface area contributed by atoms with Gasteiger partial charge in [-0.15, -0.1) is 0 Å². The Morgan fingerprint density at radius 1 is 1.44 bits per heavy atom. The second kappa shape index (κ2) is 5.49. The van der Waals surface area contributed by atoms with Crippen molar-refractivity contribution in [1.29, 1.82) is 0 Å². The Kier molecular flexibility index (Phi) is 4.28. The number of aryl methyl sites for hydroxylation is 1. The Morgan fingerprint density at radius 2 is 2.12 bits per heavy atom. The van der Waals surface area contributed by atoms with Gasteiger partial charge in [0, 0.05) is 6.07 Å². The standard InChI is InChI=1S/C12H17NO3/c1-4-10-5-6-11(13(14)15)12(7-10)16-8-9(2)3/h5-7,9H,4,8H2,1-3H3. The first-order valence-electron chi connectivity index (χ1n) is 5.44. The van der Waals surface area contributed by atoms with Crippen LogP contribution in [0.2, 0.25) is 0 Å². The molecule has 0 radical (unpaired) electrons. The van der Waals surface area contributed by atoms with Gasteiger partial charge in [-0.3, -0.25) is 10.1 Å². The summed E-state index contributed by atoms with van der Waals surface area (Å²) in [6.07, 6.45) is 0.843. The van der Waals surface area contributed by atoms with Crippen molar-refractivity contribution in [3.8, 4) is 5.75 Å². The molecule has 4 heteroatoms. The summed E-state index contributed by atoms with van der Waals surface area (Å²) in [6.45, 7) is 6.52. The Balaban J connectivity index is 2.96. The number of nitro benzene ring substituents is 1. The van der Waals surface area contributed by atoms with E-state index in [0.717, 1.165) is 12.0 Å². The average molecular weight is 223 g/mol. The molecule has 0 atom stereocenters. The average Bonchev–Trinajstić information content (AvgIpc) is 2.25. The van der Waals surface area contributed by atoms with E-state index in [2.05, 4.69) is 0 Å². The lowest BCUT2D eigenvalue weighted by Crippen LogP contribution is -2.06. The van der Waals surface area contributed by atoms with Crippen molar-refractivity contribution in [3.05, 3.63) is 33.9 Å². The summed E-state index contributed by atoms with van der Waals surface area (Å²) in [4.78, 5) is 10.4. The monoisotopic (exact) mass is 223 g/mol. The fourth-order valence-electron chi connectivity index (χ4n) is 1.30. The number of rotatable bonds is 5. The summed E-state index contributed by atoms with van der Waals surface area (Å²) in [5.41, 5.74) is 1.09. The highest BCUT2D eigenvalue weighted by molar-refractivity contribution is 5.48. The van der Waals surface area contributed by atoms with Gasteiger partial charge < -0.3 is 4.74 Å². The predicted molar refractivity (Wildman–Crippen MR) is 62.8 cm³/mol. The van der Waals surface area contributed by atoms with Gasteiger partial charge in [-0.1, -0.05) is 26.8 Å². The minimum atomic E-state index is -0.408. The molecule has 88 valence electrons. The van der Waals surface area contributed by atoms with Crippen molar-refractivity contribution in [2.75, 3.05) is 6.61 Å². The zero-order valence-corrected chi connectivity index (χ0v) is 9.90. The van der Waals surface area contributed by atoms with Gasteiger partial charge >= 0.3 is 5.69 Å². The van der Waals surface area contributed by atoms with Gasteiger partial charge in [-0.2, -0.15) is 0 Å². The van der Waals surface area contributed by atoms with Crippen molar-refractivity contribution in [3.63, 3.8) is 0 Å². The first-order chi connectivity index (χ1) is 7.54. The largest absolute Gasteiger partial charge is 0.487 e. The maximum Gasteiger partial charge on any atom is 0.310 e. The number of nitrogens with zero attached hydrogens (tertiary/aromatic N) is 1. The number of nitro groups is 1. The molecular formula is C12H17NO3. The van der Waals surface area contributed by atoms with E-state index in [0.29, 0.717) is 18.3 Å². The second-order valence-corrected chi connectivity index (χ2v) is 4.12. The smallest absolute Gasteiger partial charge is 0.310 e. The van der Waals surface area contributed by atoms with E-state index in [1.54, 1.807) is 12.1 Å². The molecule has 0 saturated heterocycles. The number of benzene rings is 1. The molecule has 4 nitrogen and oxygen atoms in total. The van der Waals surface area contributed by atoms with Crippen molar-refractivity contribution in [1.82, 2.24) is 0 Å². The van der Waals surface area contributed by atoms with Gasteiger partial charge in [-0.25, -0.2) is 0 Å². The zero-order chi connectivity index (χ0) is 12.1. The van der Waals surface area contributed by atoms with Gasteiger partial charge in [0.05, 0.1) is 11.5 Å². The van der Waals surface area contributed by atoms with Crippen LogP contribution in [0.1, 0.15) is 26.3 Å². The highest BCUT2D eigenvalue weighted by atomic mass is 16.6. The molecule has 1 aromatic carbocycles. The molecule has 0 saturated carbocycles. The fraction of sp³-hybridized carbons (Fsp3) is 0.500. The molecule has 0 aromatic heterocycles. The molecule has 0 unspecified atom stereocenters. The van der Waals surface area contributed by atoms with Crippen LogP contribution in [-0.2, 0) is 6.42 Å². The highest BCUT2D eigenvalue weighted by Crippen LogP contribution is 2.28. The molecule has 0 aliphatic rings. The van der Waals surface area contributed by atoms with Crippen LogP contribution in [0.5, 0.6) is 5.75 Å². The molecule has 0 heterocycles. The summed E-state index contributed by atoms with van der Waals surface area (Å²) in [5.74, 6) is 0.725. The Bertz CT molecular complexity index is 375. The first kappa shape index (κ1) is 12.5. The normalized spacial score (nSPS) is 10.5. The summed E-state index contributed by atoms with van der Waals surface area (Å²) in [7, 11) is 0. The van der Waals surface area contributed by atoms with E-state index >= 15 is 0 Å². The minimum absolute atomic E-state index is 0.0397. The van der Waals surface area contributed by atoms with Crippen LogP contribution in [0.25, 0.3) is 0 Å². The van der Waals surface area contributed by atoms with Crippen LogP contribution in [0.4, 0.5) is 5.69 Å². The van der Waals surface area contributed by atoms with Crippen molar-refractivity contribution in [2.45, 2.75) is 27.2 Å². The summed E-state index contributed by atoms with van der Waals surface area (Å²) < 4.78 is 5.46. The lowest BCUT2D eigenvalue weighted by Gasteiger charge is -2.09. The molecule has 1 aromatic rings. The van der Waals surface area contributed by atoms with Gasteiger partial charge in [-0.05, 0) is 24.0 Å². The van der Waals surface area contributed by atoms with Crippen molar-refractivity contribution >= 4 is 5.69 Å². The van der Waals surface area contributed by atoms with E-state index in [4.69, 9.17) is 4.74 Å². The topological polar surface area (TPSA) is 52.4 Å². The van der Waals surface area contributed by atoms with Crippen LogP contribution in [0, 0.1) is 16.0 Å². The second-order valence-electron chi connectivity index (χ2n) is 4.12.